The topological polar surface area (TPSA) is 52.6 Å². The lowest BCUT2D eigenvalue weighted by Gasteiger charge is -2.30. The summed E-state index contributed by atoms with van der Waals surface area (Å²) in [5, 5.41) is -0.785. The molecular weight excluding hydrogens is 336 g/mol. The summed E-state index contributed by atoms with van der Waals surface area (Å²) in [4.78, 5) is 24.5. The van der Waals surface area contributed by atoms with E-state index < -0.39 is 22.4 Å². The van der Waals surface area contributed by atoms with Crippen molar-refractivity contribution in [3.63, 3.8) is 0 Å². The lowest BCUT2D eigenvalue weighted by Crippen LogP contribution is -2.36. The predicted octanol–water partition coefficient (Wildman–Crippen LogP) is 5.48. The molecule has 0 radical (unpaired) electrons. The zero-order valence-corrected chi connectivity index (χ0v) is 17.9. The zero-order valence-electron chi connectivity index (χ0n) is 17.0. The van der Waals surface area contributed by atoms with Gasteiger partial charge in [0.15, 0.2) is 0 Å². The van der Waals surface area contributed by atoms with Crippen molar-refractivity contribution in [2.75, 3.05) is 0 Å². The molecule has 0 spiro atoms. The van der Waals surface area contributed by atoms with E-state index in [1.165, 1.54) is 0 Å². The van der Waals surface area contributed by atoms with Gasteiger partial charge in [-0.2, -0.15) is 12.6 Å². The van der Waals surface area contributed by atoms with Gasteiger partial charge in [0, 0.05) is 0 Å². The molecule has 0 aliphatic heterocycles. The highest BCUT2D eigenvalue weighted by Crippen LogP contribution is 2.26. The van der Waals surface area contributed by atoms with Crippen LogP contribution in [0.2, 0.25) is 0 Å². The fourth-order valence-electron chi connectivity index (χ4n) is 2.57. The third-order valence-electron chi connectivity index (χ3n) is 4.95. The van der Waals surface area contributed by atoms with Crippen molar-refractivity contribution in [1.82, 2.24) is 0 Å². The van der Waals surface area contributed by atoms with Gasteiger partial charge in [-0.05, 0) is 52.4 Å². The highest BCUT2D eigenvalue weighted by molar-refractivity contribution is 7.81. The maximum Gasteiger partial charge on any atom is 0.319 e. The number of unbranched alkanes of at least 4 members (excludes halogenated alkanes) is 2. The normalized spacial score (nSPS) is 17.2. The Kier molecular flexibility index (Phi) is 11.5. The third kappa shape index (κ3) is 9.53. The largest absolute Gasteiger partial charge is 0.459 e. The first-order valence-corrected chi connectivity index (χ1v) is 10.3. The SMILES string of the molecule is CCCCC(C)(CC)OC(=O)CC(S)C(=O)OC(C)(CC)CCCC. The second kappa shape index (κ2) is 11.8. The van der Waals surface area contributed by atoms with E-state index in [0.29, 0.717) is 0 Å². The number of carbonyl (C=O) groups is 2. The first-order valence-electron chi connectivity index (χ1n) is 9.78. The summed E-state index contributed by atoms with van der Waals surface area (Å²) in [5.74, 6) is -0.823. The van der Waals surface area contributed by atoms with Crippen LogP contribution in [0.3, 0.4) is 0 Å². The van der Waals surface area contributed by atoms with Gasteiger partial charge in [0.25, 0.3) is 0 Å². The summed E-state index contributed by atoms with van der Waals surface area (Å²) in [6.45, 7) is 12.1. The van der Waals surface area contributed by atoms with Gasteiger partial charge in [0.2, 0.25) is 0 Å². The summed E-state index contributed by atoms with van der Waals surface area (Å²) in [6, 6.07) is 0. The predicted molar refractivity (Wildman–Crippen MR) is 106 cm³/mol. The molecule has 0 fully saturated rings. The molecule has 3 atom stereocenters. The fraction of sp³-hybridized carbons (Fsp3) is 0.900. The molecule has 0 saturated carbocycles. The monoisotopic (exact) mass is 374 g/mol. The minimum atomic E-state index is -0.785. The van der Waals surface area contributed by atoms with Crippen molar-refractivity contribution in [2.24, 2.45) is 0 Å². The van der Waals surface area contributed by atoms with Gasteiger partial charge in [-0.25, -0.2) is 0 Å². The molecule has 5 heteroatoms. The van der Waals surface area contributed by atoms with Gasteiger partial charge < -0.3 is 9.47 Å². The molecule has 0 aliphatic rings. The number of esters is 2. The highest BCUT2D eigenvalue weighted by atomic mass is 32.1. The van der Waals surface area contributed by atoms with E-state index in [1.54, 1.807) is 0 Å². The molecule has 0 aromatic heterocycles. The molecule has 3 unspecified atom stereocenters. The van der Waals surface area contributed by atoms with Crippen LogP contribution in [0.1, 0.15) is 99.3 Å². The summed E-state index contributed by atoms with van der Waals surface area (Å²) in [6.07, 6.45) is 7.22. The maximum absolute atomic E-state index is 12.3. The second-order valence-electron chi connectivity index (χ2n) is 7.43. The molecule has 0 rings (SSSR count). The smallest absolute Gasteiger partial charge is 0.319 e. The van der Waals surface area contributed by atoms with Crippen LogP contribution in [0.25, 0.3) is 0 Å². The first kappa shape index (κ1) is 24.3. The summed E-state index contributed by atoms with van der Waals surface area (Å²) >= 11 is 4.28. The standard InChI is InChI=1S/C20H38O4S/c1-7-11-13-19(5,9-3)23-17(21)15-16(25)18(22)24-20(6,10-4)14-12-8-2/h16,25H,7-15H2,1-6H3. The Bertz CT molecular complexity index is 413. The van der Waals surface area contributed by atoms with Gasteiger partial charge >= 0.3 is 11.9 Å². The van der Waals surface area contributed by atoms with Crippen LogP contribution < -0.4 is 0 Å². The highest BCUT2D eigenvalue weighted by Gasteiger charge is 2.32. The van der Waals surface area contributed by atoms with Crippen LogP contribution in [0.15, 0.2) is 0 Å². The van der Waals surface area contributed by atoms with Crippen molar-refractivity contribution in [2.45, 2.75) is 116 Å². The Labute approximate surface area is 159 Å². The van der Waals surface area contributed by atoms with Gasteiger partial charge in [0.05, 0.1) is 6.42 Å². The Balaban J connectivity index is 4.61. The Hall–Kier alpha value is -0.710. The first-order chi connectivity index (χ1) is 11.6. The fourth-order valence-corrected chi connectivity index (χ4v) is 2.77. The van der Waals surface area contributed by atoms with E-state index >= 15 is 0 Å². The van der Waals surface area contributed by atoms with E-state index in [0.717, 1.165) is 51.4 Å². The molecule has 0 aliphatic carbocycles. The minimum Gasteiger partial charge on any atom is -0.459 e. The molecule has 0 bridgehead atoms. The number of thiol groups is 1. The van der Waals surface area contributed by atoms with Crippen LogP contribution in [0, 0.1) is 0 Å². The molecule has 25 heavy (non-hydrogen) atoms. The number of rotatable bonds is 13. The third-order valence-corrected chi connectivity index (χ3v) is 5.35. The zero-order chi connectivity index (χ0) is 19.5. The van der Waals surface area contributed by atoms with Crippen molar-refractivity contribution in [1.29, 1.82) is 0 Å². The van der Waals surface area contributed by atoms with Crippen molar-refractivity contribution >= 4 is 24.6 Å². The molecular formula is C20H38O4S. The van der Waals surface area contributed by atoms with Gasteiger partial charge in [-0.1, -0.05) is 40.5 Å². The van der Waals surface area contributed by atoms with Crippen molar-refractivity contribution < 1.29 is 19.1 Å². The van der Waals surface area contributed by atoms with Gasteiger partial charge in [-0.3, -0.25) is 9.59 Å². The minimum absolute atomic E-state index is 0.0583. The molecule has 0 saturated heterocycles. The summed E-state index contributed by atoms with van der Waals surface area (Å²) in [5.41, 5.74) is -0.958. The second-order valence-corrected chi connectivity index (χ2v) is 8.05. The Morgan fingerprint density at radius 1 is 0.880 bits per heavy atom. The Morgan fingerprint density at radius 2 is 1.32 bits per heavy atom. The maximum atomic E-state index is 12.3. The number of carbonyl (C=O) groups excluding carboxylic acids is 2. The van der Waals surface area contributed by atoms with E-state index in [2.05, 4.69) is 26.5 Å². The Morgan fingerprint density at radius 3 is 1.72 bits per heavy atom. The molecule has 0 heterocycles. The van der Waals surface area contributed by atoms with Gasteiger partial charge in [-0.15, -0.1) is 0 Å². The van der Waals surface area contributed by atoms with E-state index in [-0.39, 0.29) is 12.4 Å². The number of ether oxygens (including phenoxy) is 2. The number of hydrogen-bond donors (Lipinski definition) is 1. The average molecular weight is 375 g/mol. The van der Waals surface area contributed by atoms with Crippen molar-refractivity contribution in [3.8, 4) is 0 Å². The molecule has 0 amide bonds. The lowest BCUT2D eigenvalue weighted by molar-refractivity contribution is -0.166. The van der Waals surface area contributed by atoms with E-state index in [1.807, 2.05) is 27.7 Å². The average Bonchev–Trinajstić information content (AvgIpc) is 2.57. The lowest BCUT2D eigenvalue weighted by atomic mass is 9.95. The number of hydrogen-bond acceptors (Lipinski definition) is 5. The quantitative estimate of drug-likeness (QED) is 0.343. The molecule has 0 aromatic rings. The molecule has 0 N–H and O–H groups in total. The van der Waals surface area contributed by atoms with Crippen molar-refractivity contribution in [3.05, 3.63) is 0 Å². The van der Waals surface area contributed by atoms with Crippen LogP contribution in [-0.4, -0.2) is 28.4 Å². The van der Waals surface area contributed by atoms with Gasteiger partial charge in [0.1, 0.15) is 16.5 Å². The van der Waals surface area contributed by atoms with Crippen LogP contribution in [0.4, 0.5) is 0 Å². The summed E-state index contributed by atoms with van der Waals surface area (Å²) in [7, 11) is 0. The van der Waals surface area contributed by atoms with E-state index in [9.17, 15) is 9.59 Å². The summed E-state index contributed by atoms with van der Waals surface area (Å²) < 4.78 is 11.3. The van der Waals surface area contributed by atoms with Crippen LogP contribution >= 0.6 is 12.6 Å². The molecule has 148 valence electrons. The molecule has 4 nitrogen and oxygen atoms in total. The van der Waals surface area contributed by atoms with Crippen LogP contribution in [-0.2, 0) is 19.1 Å². The van der Waals surface area contributed by atoms with Crippen LogP contribution in [0.5, 0.6) is 0 Å². The van der Waals surface area contributed by atoms with E-state index in [4.69, 9.17) is 9.47 Å². The molecule has 0 aromatic carbocycles.